The van der Waals surface area contributed by atoms with Gasteiger partial charge in [0.2, 0.25) is 5.91 Å². The Morgan fingerprint density at radius 2 is 1.73 bits per heavy atom. The number of H-pyrrole nitrogens is 1. The summed E-state index contributed by atoms with van der Waals surface area (Å²) < 4.78 is 0. The lowest BCUT2D eigenvalue weighted by Crippen LogP contribution is -2.24. The molecule has 0 atom stereocenters. The van der Waals surface area contributed by atoms with Crippen molar-refractivity contribution in [2.45, 2.75) is 25.7 Å². The Kier molecular flexibility index (Phi) is 7.05. The highest BCUT2D eigenvalue weighted by Gasteiger charge is 2.10. The van der Waals surface area contributed by atoms with Gasteiger partial charge in [0.15, 0.2) is 0 Å². The summed E-state index contributed by atoms with van der Waals surface area (Å²) in [4.78, 5) is 24.2. The van der Waals surface area contributed by atoms with Crippen molar-refractivity contribution < 1.29 is 9.59 Å². The zero-order chi connectivity index (χ0) is 21.3. The minimum absolute atomic E-state index is 0.0652. The topological polar surface area (TPSA) is 139 Å². The van der Waals surface area contributed by atoms with E-state index in [1.165, 1.54) is 0 Å². The van der Waals surface area contributed by atoms with Crippen molar-refractivity contribution >= 4 is 28.9 Å². The fraction of sp³-hybridized carbons (Fsp3) is 0.227. The van der Waals surface area contributed by atoms with Crippen molar-refractivity contribution in [3.63, 3.8) is 0 Å². The number of amides is 2. The van der Waals surface area contributed by atoms with Gasteiger partial charge in [-0.05, 0) is 43.2 Å². The van der Waals surface area contributed by atoms with Gasteiger partial charge >= 0.3 is 0 Å². The standard InChI is InChI=1S/C22H26N6O2/c23-16-11-9-15(10-12-16)19-14-20(28-27-19)22(30)25-13-5-1-2-8-21(29)26-18-7-4-3-6-17(18)24/h3-4,6-7,9-12,14H,1-2,5,8,13,23-24H2,(H,25,30)(H,26,29)(H,27,28). The molecule has 0 aliphatic carbocycles. The van der Waals surface area contributed by atoms with Crippen molar-refractivity contribution in [3.05, 3.63) is 60.3 Å². The Morgan fingerprint density at radius 1 is 0.967 bits per heavy atom. The molecule has 3 aromatic rings. The molecule has 0 aliphatic heterocycles. The van der Waals surface area contributed by atoms with Crippen LogP contribution in [-0.4, -0.2) is 28.6 Å². The molecule has 2 amide bonds. The Hall–Kier alpha value is -3.81. The average Bonchev–Trinajstić information content (AvgIpc) is 3.23. The van der Waals surface area contributed by atoms with Crippen LogP contribution in [0.5, 0.6) is 0 Å². The summed E-state index contributed by atoms with van der Waals surface area (Å²) in [7, 11) is 0. The number of anilines is 3. The smallest absolute Gasteiger partial charge is 0.269 e. The number of aromatic nitrogens is 2. The van der Waals surface area contributed by atoms with Crippen LogP contribution in [0.1, 0.15) is 36.2 Å². The van der Waals surface area contributed by atoms with Crippen LogP contribution in [0.4, 0.5) is 17.1 Å². The van der Waals surface area contributed by atoms with Crippen molar-refractivity contribution in [3.8, 4) is 11.3 Å². The lowest BCUT2D eigenvalue weighted by molar-refractivity contribution is -0.116. The largest absolute Gasteiger partial charge is 0.399 e. The van der Waals surface area contributed by atoms with Gasteiger partial charge in [0, 0.05) is 24.2 Å². The van der Waals surface area contributed by atoms with Crippen LogP contribution < -0.4 is 22.1 Å². The number of hydrogen-bond donors (Lipinski definition) is 5. The Labute approximate surface area is 175 Å². The van der Waals surface area contributed by atoms with Gasteiger partial charge in [0.05, 0.1) is 17.1 Å². The summed E-state index contributed by atoms with van der Waals surface area (Å²) in [6.45, 7) is 0.530. The summed E-state index contributed by atoms with van der Waals surface area (Å²) in [5, 5.41) is 12.6. The number of carbonyl (C=O) groups excluding carboxylic acids is 2. The predicted octanol–water partition coefficient (Wildman–Crippen LogP) is 3.17. The van der Waals surface area contributed by atoms with Gasteiger partial charge in [-0.15, -0.1) is 0 Å². The maximum atomic E-state index is 12.2. The van der Waals surface area contributed by atoms with E-state index in [0.717, 1.165) is 24.8 Å². The molecule has 0 aliphatic rings. The molecular weight excluding hydrogens is 380 g/mol. The SMILES string of the molecule is Nc1ccc(-c2cc(C(=O)NCCCCCC(=O)Nc3ccccc3N)[nH]n2)cc1. The molecule has 30 heavy (non-hydrogen) atoms. The second-order valence-corrected chi connectivity index (χ2v) is 6.99. The van der Waals surface area contributed by atoms with Gasteiger partial charge in [-0.1, -0.05) is 30.7 Å². The molecule has 0 unspecified atom stereocenters. The monoisotopic (exact) mass is 406 g/mol. The van der Waals surface area contributed by atoms with Gasteiger partial charge in [0.1, 0.15) is 5.69 Å². The molecule has 0 spiro atoms. The number of unbranched alkanes of at least 4 members (excludes halogenated alkanes) is 2. The van der Waals surface area contributed by atoms with Crippen LogP contribution >= 0.6 is 0 Å². The predicted molar refractivity (Wildman–Crippen MR) is 119 cm³/mol. The van der Waals surface area contributed by atoms with Gasteiger partial charge in [-0.3, -0.25) is 14.7 Å². The van der Waals surface area contributed by atoms with Crippen LogP contribution in [0.2, 0.25) is 0 Å². The van der Waals surface area contributed by atoms with Crippen LogP contribution in [0.3, 0.4) is 0 Å². The molecule has 0 saturated carbocycles. The van der Waals surface area contributed by atoms with E-state index in [1.807, 2.05) is 24.3 Å². The minimum atomic E-state index is -0.207. The summed E-state index contributed by atoms with van der Waals surface area (Å²) in [5.74, 6) is -0.272. The first kappa shape index (κ1) is 20.9. The third-order valence-corrected chi connectivity index (χ3v) is 4.63. The Bertz CT molecular complexity index is 997. The van der Waals surface area contributed by atoms with Crippen LogP contribution in [-0.2, 0) is 4.79 Å². The maximum absolute atomic E-state index is 12.2. The van der Waals surface area contributed by atoms with Gasteiger partial charge in [-0.2, -0.15) is 5.10 Å². The summed E-state index contributed by atoms with van der Waals surface area (Å²) in [5.41, 5.74) is 15.3. The van der Waals surface area contributed by atoms with Gasteiger partial charge in [-0.25, -0.2) is 0 Å². The normalized spacial score (nSPS) is 10.5. The minimum Gasteiger partial charge on any atom is -0.399 e. The number of nitrogens with two attached hydrogens (primary N) is 2. The zero-order valence-corrected chi connectivity index (χ0v) is 16.7. The Balaban J connectivity index is 1.34. The number of para-hydroxylation sites is 2. The Morgan fingerprint density at radius 3 is 2.50 bits per heavy atom. The maximum Gasteiger partial charge on any atom is 0.269 e. The van der Waals surface area contributed by atoms with Crippen molar-refractivity contribution in [2.24, 2.45) is 0 Å². The number of nitrogens with zero attached hydrogens (tertiary/aromatic N) is 1. The third kappa shape index (κ3) is 5.84. The molecule has 0 bridgehead atoms. The first-order valence-corrected chi connectivity index (χ1v) is 9.87. The number of nitrogens with one attached hydrogen (secondary N) is 3. The molecule has 8 nitrogen and oxygen atoms in total. The molecule has 2 aromatic carbocycles. The second kappa shape index (κ2) is 10.1. The number of benzene rings is 2. The molecule has 1 aromatic heterocycles. The molecule has 8 heteroatoms. The second-order valence-electron chi connectivity index (χ2n) is 6.99. The van der Waals surface area contributed by atoms with Gasteiger partial charge in [0.25, 0.3) is 5.91 Å². The van der Waals surface area contributed by atoms with E-state index in [0.29, 0.717) is 41.4 Å². The molecule has 1 heterocycles. The molecule has 3 rings (SSSR count). The van der Waals surface area contributed by atoms with E-state index in [2.05, 4.69) is 20.8 Å². The number of nitrogen functional groups attached to an aromatic ring is 2. The van der Waals surface area contributed by atoms with E-state index in [-0.39, 0.29) is 11.8 Å². The molecular formula is C22H26N6O2. The van der Waals surface area contributed by atoms with Crippen LogP contribution in [0, 0.1) is 0 Å². The zero-order valence-electron chi connectivity index (χ0n) is 16.7. The number of hydrogen-bond acceptors (Lipinski definition) is 5. The lowest BCUT2D eigenvalue weighted by Gasteiger charge is -2.08. The average molecular weight is 406 g/mol. The fourth-order valence-corrected chi connectivity index (χ4v) is 2.95. The van der Waals surface area contributed by atoms with E-state index >= 15 is 0 Å². The summed E-state index contributed by atoms with van der Waals surface area (Å²) in [6, 6.07) is 16.2. The van der Waals surface area contributed by atoms with E-state index in [4.69, 9.17) is 11.5 Å². The van der Waals surface area contributed by atoms with Crippen molar-refractivity contribution in [1.82, 2.24) is 15.5 Å². The number of rotatable bonds is 9. The highest BCUT2D eigenvalue weighted by molar-refractivity contribution is 5.94. The molecule has 156 valence electrons. The molecule has 0 fully saturated rings. The molecule has 0 radical (unpaired) electrons. The summed E-state index contributed by atoms with van der Waals surface area (Å²) >= 11 is 0. The van der Waals surface area contributed by atoms with Gasteiger partial charge < -0.3 is 22.1 Å². The first-order valence-electron chi connectivity index (χ1n) is 9.87. The first-order chi connectivity index (χ1) is 14.5. The highest BCUT2D eigenvalue weighted by atomic mass is 16.2. The number of aromatic amines is 1. The van der Waals surface area contributed by atoms with E-state index in [9.17, 15) is 9.59 Å². The van der Waals surface area contributed by atoms with Crippen LogP contribution in [0.15, 0.2) is 54.6 Å². The lowest BCUT2D eigenvalue weighted by atomic mass is 10.1. The fourth-order valence-electron chi connectivity index (χ4n) is 2.95. The highest BCUT2D eigenvalue weighted by Crippen LogP contribution is 2.19. The quantitative estimate of drug-likeness (QED) is 0.274. The van der Waals surface area contributed by atoms with Crippen molar-refractivity contribution in [2.75, 3.05) is 23.3 Å². The number of carbonyl (C=O) groups is 2. The third-order valence-electron chi connectivity index (χ3n) is 4.63. The van der Waals surface area contributed by atoms with E-state index < -0.39 is 0 Å². The van der Waals surface area contributed by atoms with E-state index in [1.54, 1.807) is 30.3 Å². The van der Waals surface area contributed by atoms with Crippen LogP contribution in [0.25, 0.3) is 11.3 Å². The molecule has 7 N–H and O–H groups in total. The molecule has 0 saturated heterocycles. The summed E-state index contributed by atoms with van der Waals surface area (Å²) in [6.07, 6.45) is 2.76. The van der Waals surface area contributed by atoms with Crippen molar-refractivity contribution in [1.29, 1.82) is 0 Å².